The molecule has 31 heavy (non-hydrogen) atoms. The maximum atomic E-state index is 12.2. The number of amides is 2. The minimum absolute atomic E-state index is 0. The monoisotopic (exact) mass is 484 g/mol. The standard InChI is InChI=1S/C20H25ClN6O2S.ClH/c1-13-19(30-20(22-13)26-23-14(2)28)17(24-25-18(29)12-27(3,4)5)11-8-15-6-9-16(21)10-7-15;/h6-11H,12H2,1-5H3,(H2-,22,23,24,25,26,28,29);1H. The SMILES string of the molecule is CC(=O)NNc1nc(C)c(/C(C=Cc2ccc(Cl)cc2)=N/NC(=O)C[N+](C)(C)C)s1.[Cl-]. The van der Waals surface area contributed by atoms with Crippen LogP contribution in [0.3, 0.4) is 0 Å². The van der Waals surface area contributed by atoms with Crippen LogP contribution in [-0.2, 0) is 9.59 Å². The number of aromatic nitrogens is 1. The summed E-state index contributed by atoms with van der Waals surface area (Å²) < 4.78 is 0.488. The molecule has 0 radical (unpaired) electrons. The van der Waals surface area contributed by atoms with Crippen molar-refractivity contribution in [1.29, 1.82) is 0 Å². The van der Waals surface area contributed by atoms with Crippen LogP contribution in [0.25, 0.3) is 6.08 Å². The number of halogens is 2. The normalized spacial score (nSPS) is 11.7. The third-order valence-electron chi connectivity index (χ3n) is 3.60. The van der Waals surface area contributed by atoms with Crippen LogP contribution in [-0.4, -0.2) is 54.7 Å². The molecule has 8 nitrogen and oxygen atoms in total. The number of hydrogen-bond donors (Lipinski definition) is 3. The van der Waals surface area contributed by atoms with Gasteiger partial charge in [0.05, 0.1) is 31.7 Å². The molecule has 0 unspecified atom stereocenters. The number of hydrazone groups is 1. The molecule has 0 fully saturated rings. The summed E-state index contributed by atoms with van der Waals surface area (Å²) in [5.74, 6) is -0.424. The quantitative estimate of drug-likeness (QED) is 0.275. The second kappa shape index (κ2) is 11.8. The van der Waals surface area contributed by atoms with Gasteiger partial charge in [0.2, 0.25) is 11.0 Å². The molecule has 2 aromatic rings. The lowest BCUT2D eigenvalue weighted by atomic mass is 10.1. The number of thiazole rings is 1. The zero-order valence-electron chi connectivity index (χ0n) is 18.0. The van der Waals surface area contributed by atoms with Crippen molar-refractivity contribution in [3.63, 3.8) is 0 Å². The number of carbonyl (C=O) groups is 2. The van der Waals surface area contributed by atoms with E-state index in [0.717, 1.165) is 10.4 Å². The highest BCUT2D eigenvalue weighted by molar-refractivity contribution is 7.17. The maximum absolute atomic E-state index is 12.2. The van der Waals surface area contributed by atoms with Crippen molar-refractivity contribution in [3.8, 4) is 0 Å². The van der Waals surface area contributed by atoms with Crippen molar-refractivity contribution >= 4 is 51.7 Å². The highest BCUT2D eigenvalue weighted by Gasteiger charge is 2.16. The van der Waals surface area contributed by atoms with Gasteiger partial charge in [-0.2, -0.15) is 5.10 Å². The lowest BCUT2D eigenvalue weighted by Crippen LogP contribution is -3.00. The van der Waals surface area contributed by atoms with Gasteiger partial charge in [-0.1, -0.05) is 41.1 Å². The summed E-state index contributed by atoms with van der Waals surface area (Å²) in [6, 6.07) is 7.37. The van der Waals surface area contributed by atoms with E-state index in [1.165, 1.54) is 18.3 Å². The number of aryl methyl sites for hydroxylation is 1. The van der Waals surface area contributed by atoms with Crippen molar-refractivity contribution in [3.05, 3.63) is 51.5 Å². The zero-order chi connectivity index (χ0) is 22.3. The van der Waals surface area contributed by atoms with E-state index in [0.29, 0.717) is 26.0 Å². The summed E-state index contributed by atoms with van der Waals surface area (Å²) >= 11 is 7.26. The van der Waals surface area contributed by atoms with E-state index in [2.05, 4.69) is 26.4 Å². The van der Waals surface area contributed by atoms with Crippen LogP contribution in [0.2, 0.25) is 5.02 Å². The molecule has 0 aliphatic rings. The first-order chi connectivity index (χ1) is 14.0. The highest BCUT2D eigenvalue weighted by Crippen LogP contribution is 2.23. The molecule has 0 saturated carbocycles. The maximum Gasteiger partial charge on any atom is 0.295 e. The molecule has 1 aromatic heterocycles. The lowest BCUT2D eigenvalue weighted by Gasteiger charge is -2.22. The van der Waals surface area contributed by atoms with Gasteiger partial charge in [-0.15, -0.1) is 0 Å². The zero-order valence-corrected chi connectivity index (χ0v) is 20.3. The first kappa shape index (κ1) is 26.6. The van der Waals surface area contributed by atoms with E-state index in [4.69, 9.17) is 11.6 Å². The molecule has 0 atom stereocenters. The Bertz CT molecular complexity index is 965. The van der Waals surface area contributed by atoms with E-state index in [1.54, 1.807) is 18.2 Å². The molecular formula is C20H26Cl2N6O2S. The molecule has 0 aliphatic heterocycles. The first-order valence-electron chi connectivity index (χ1n) is 9.14. The number of carbonyl (C=O) groups excluding carboxylic acids is 2. The molecular weight excluding hydrogens is 459 g/mol. The van der Waals surface area contributed by atoms with Gasteiger partial charge >= 0.3 is 0 Å². The molecule has 0 spiro atoms. The number of hydrazine groups is 1. The summed E-state index contributed by atoms with van der Waals surface area (Å²) in [5.41, 5.74) is 10.1. The van der Waals surface area contributed by atoms with Gasteiger partial charge in [-0.05, 0) is 30.7 Å². The van der Waals surface area contributed by atoms with Crippen LogP contribution in [0.15, 0.2) is 35.4 Å². The summed E-state index contributed by atoms with van der Waals surface area (Å²) in [6.45, 7) is 3.53. The van der Waals surface area contributed by atoms with Gasteiger partial charge in [0.15, 0.2) is 6.54 Å². The molecule has 11 heteroatoms. The largest absolute Gasteiger partial charge is 1.00 e. The predicted molar refractivity (Wildman–Crippen MR) is 122 cm³/mol. The molecule has 1 aromatic carbocycles. The number of nitrogens with one attached hydrogen (secondary N) is 3. The fraction of sp³-hybridized carbons (Fsp3) is 0.300. The number of allylic oxidation sites excluding steroid dienone is 1. The Kier molecular flexibility index (Phi) is 10.1. The Labute approximate surface area is 197 Å². The number of hydrogen-bond acceptors (Lipinski definition) is 6. The number of quaternary nitrogens is 1. The topological polar surface area (TPSA) is 95.5 Å². The van der Waals surface area contributed by atoms with E-state index in [1.807, 2.05) is 46.3 Å². The van der Waals surface area contributed by atoms with Crippen LogP contribution in [0.1, 0.15) is 23.1 Å². The van der Waals surface area contributed by atoms with Crippen LogP contribution in [0.5, 0.6) is 0 Å². The average Bonchev–Trinajstić information content (AvgIpc) is 3.00. The predicted octanol–water partition coefficient (Wildman–Crippen LogP) is -0.188. The Morgan fingerprint density at radius 1 is 1.23 bits per heavy atom. The number of rotatable bonds is 8. The summed E-state index contributed by atoms with van der Waals surface area (Å²) in [7, 11) is 5.79. The number of likely N-dealkylation sites (N-methyl/N-ethyl adjacent to an activating group) is 1. The van der Waals surface area contributed by atoms with E-state index < -0.39 is 0 Å². The number of nitrogens with zero attached hydrogens (tertiary/aromatic N) is 3. The Hall–Kier alpha value is -2.46. The van der Waals surface area contributed by atoms with Crippen molar-refractivity contribution in [2.75, 3.05) is 33.1 Å². The average molecular weight is 485 g/mol. The van der Waals surface area contributed by atoms with Gasteiger partial charge in [-0.3, -0.25) is 20.4 Å². The Balaban J connectivity index is 0.00000480. The number of anilines is 1. The van der Waals surface area contributed by atoms with Crippen LogP contribution >= 0.6 is 22.9 Å². The molecule has 0 bridgehead atoms. The van der Waals surface area contributed by atoms with Crippen LogP contribution in [0.4, 0.5) is 5.13 Å². The van der Waals surface area contributed by atoms with E-state index >= 15 is 0 Å². The van der Waals surface area contributed by atoms with Gasteiger partial charge in [0.25, 0.3) is 5.91 Å². The fourth-order valence-corrected chi connectivity index (χ4v) is 3.35. The smallest absolute Gasteiger partial charge is 0.295 e. The minimum atomic E-state index is -0.228. The van der Waals surface area contributed by atoms with E-state index in [9.17, 15) is 9.59 Å². The molecule has 0 saturated heterocycles. The summed E-state index contributed by atoms with van der Waals surface area (Å²) in [5, 5.41) is 5.50. The minimum Gasteiger partial charge on any atom is -1.00 e. The third kappa shape index (κ3) is 9.48. The highest BCUT2D eigenvalue weighted by atomic mass is 35.5. The van der Waals surface area contributed by atoms with Crippen molar-refractivity contribution in [1.82, 2.24) is 15.8 Å². The second-order valence-corrected chi connectivity index (χ2v) is 9.04. The summed E-state index contributed by atoms with van der Waals surface area (Å²) in [6.07, 6.45) is 3.68. The molecule has 3 N–H and O–H groups in total. The fourth-order valence-electron chi connectivity index (χ4n) is 2.33. The molecule has 1 heterocycles. The van der Waals surface area contributed by atoms with Gasteiger partial charge < -0.3 is 16.9 Å². The van der Waals surface area contributed by atoms with Gasteiger partial charge in [-0.25, -0.2) is 10.4 Å². The Morgan fingerprint density at radius 3 is 2.45 bits per heavy atom. The molecule has 2 amide bonds. The second-order valence-electron chi connectivity index (χ2n) is 7.61. The first-order valence-corrected chi connectivity index (χ1v) is 10.3. The van der Waals surface area contributed by atoms with Crippen molar-refractivity contribution in [2.24, 2.45) is 5.10 Å². The molecule has 0 aliphatic carbocycles. The lowest BCUT2D eigenvalue weighted by molar-refractivity contribution is -0.862. The summed E-state index contributed by atoms with van der Waals surface area (Å²) in [4.78, 5) is 28.5. The van der Waals surface area contributed by atoms with Crippen molar-refractivity contribution < 1.29 is 26.5 Å². The molecule has 2 rings (SSSR count). The molecule has 168 valence electrons. The van der Waals surface area contributed by atoms with Gasteiger partial charge in [0.1, 0.15) is 5.71 Å². The van der Waals surface area contributed by atoms with Crippen molar-refractivity contribution in [2.45, 2.75) is 13.8 Å². The van der Waals surface area contributed by atoms with Crippen LogP contribution < -0.4 is 28.7 Å². The van der Waals surface area contributed by atoms with Crippen LogP contribution in [0, 0.1) is 6.92 Å². The third-order valence-corrected chi connectivity index (χ3v) is 4.94. The van der Waals surface area contributed by atoms with Gasteiger partial charge in [0, 0.05) is 11.9 Å². The van der Waals surface area contributed by atoms with E-state index in [-0.39, 0.29) is 30.8 Å². The Morgan fingerprint density at radius 2 is 1.87 bits per heavy atom. The number of benzene rings is 1.